The number of allylic oxidation sites excluding steroid dienone is 1. The van der Waals surface area contributed by atoms with Gasteiger partial charge in [-0.3, -0.25) is 15.1 Å². The summed E-state index contributed by atoms with van der Waals surface area (Å²) < 4.78 is 0. The summed E-state index contributed by atoms with van der Waals surface area (Å²) in [6.07, 6.45) is 5.97. The van der Waals surface area contributed by atoms with Gasteiger partial charge in [-0.05, 0) is 62.7 Å². The molecule has 178 valence electrons. The average Bonchev–Trinajstić information content (AvgIpc) is 3.12. The van der Waals surface area contributed by atoms with Gasteiger partial charge in [0.2, 0.25) is 0 Å². The van der Waals surface area contributed by atoms with Crippen LogP contribution < -0.4 is 15.8 Å². The van der Waals surface area contributed by atoms with Gasteiger partial charge >= 0.3 is 6.03 Å². The van der Waals surface area contributed by atoms with Crippen LogP contribution in [0.2, 0.25) is 0 Å². The van der Waals surface area contributed by atoms with Gasteiger partial charge < -0.3 is 10.2 Å². The van der Waals surface area contributed by atoms with Crippen LogP contribution in [0.3, 0.4) is 0 Å². The van der Waals surface area contributed by atoms with Crippen molar-refractivity contribution in [2.24, 2.45) is 5.10 Å². The standard InChI is InChI=1S/C25H31N7O2/c1-20(2)29-16-7-17-30(19-18-29)24(33)21-10-12-22(13-11-21)28-25(34)31(23-8-4-3-5-9-23)32-26-14-6-15-27-32/h3-6,8-15,20,26H,7,16-19H2,1-2H3,(H,28,34). The van der Waals surface area contributed by atoms with Crippen molar-refractivity contribution in [3.05, 3.63) is 72.4 Å². The summed E-state index contributed by atoms with van der Waals surface area (Å²) in [6, 6.07) is 16.3. The van der Waals surface area contributed by atoms with Gasteiger partial charge in [-0.25, -0.2) is 4.79 Å². The minimum atomic E-state index is -0.397. The molecule has 0 atom stereocenters. The maximum Gasteiger partial charge on any atom is 0.348 e. The highest BCUT2D eigenvalue weighted by molar-refractivity contribution is 6.01. The Bertz CT molecular complexity index is 1040. The number of hydrogen-bond donors (Lipinski definition) is 2. The van der Waals surface area contributed by atoms with E-state index in [-0.39, 0.29) is 5.91 Å². The Morgan fingerprint density at radius 1 is 1.00 bits per heavy atom. The number of hydrazine groups is 2. The number of urea groups is 1. The van der Waals surface area contributed by atoms with Crippen LogP contribution in [0.15, 0.2) is 72.0 Å². The van der Waals surface area contributed by atoms with E-state index in [2.05, 4.69) is 34.6 Å². The van der Waals surface area contributed by atoms with Crippen LogP contribution in [-0.2, 0) is 0 Å². The predicted molar refractivity (Wildman–Crippen MR) is 134 cm³/mol. The molecule has 4 rings (SSSR count). The van der Waals surface area contributed by atoms with E-state index >= 15 is 0 Å². The molecule has 0 unspecified atom stereocenters. The molecule has 9 nitrogen and oxygen atoms in total. The normalized spacial score (nSPS) is 16.2. The Morgan fingerprint density at radius 3 is 2.44 bits per heavy atom. The van der Waals surface area contributed by atoms with E-state index in [4.69, 9.17) is 0 Å². The molecular weight excluding hydrogens is 430 g/mol. The third-order valence-electron chi connectivity index (χ3n) is 5.86. The van der Waals surface area contributed by atoms with Crippen molar-refractivity contribution in [3.8, 4) is 0 Å². The van der Waals surface area contributed by atoms with Crippen LogP contribution >= 0.6 is 0 Å². The van der Waals surface area contributed by atoms with Crippen LogP contribution in [-0.4, -0.2) is 65.4 Å². The first-order valence-corrected chi connectivity index (χ1v) is 11.6. The Kier molecular flexibility index (Phi) is 7.44. The first-order valence-electron chi connectivity index (χ1n) is 11.6. The number of hydrogen-bond acceptors (Lipinski definition) is 6. The van der Waals surface area contributed by atoms with E-state index in [1.54, 1.807) is 42.8 Å². The molecule has 2 heterocycles. The first kappa shape index (κ1) is 23.3. The van der Waals surface area contributed by atoms with Crippen molar-refractivity contribution in [2.75, 3.05) is 36.5 Å². The number of hydrazone groups is 1. The highest BCUT2D eigenvalue weighted by Crippen LogP contribution is 2.19. The zero-order valence-corrected chi connectivity index (χ0v) is 19.6. The molecule has 0 aromatic heterocycles. The highest BCUT2D eigenvalue weighted by Gasteiger charge is 2.24. The van der Waals surface area contributed by atoms with Gasteiger partial charge in [-0.15, -0.1) is 5.10 Å². The van der Waals surface area contributed by atoms with E-state index in [0.717, 1.165) is 32.6 Å². The highest BCUT2D eigenvalue weighted by atomic mass is 16.2. The van der Waals surface area contributed by atoms with Gasteiger partial charge in [0.05, 0.1) is 11.9 Å². The van der Waals surface area contributed by atoms with Crippen molar-refractivity contribution in [1.82, 2.24) is 20.5 Å². The molecule has 2 N–H and O–H groups in total. The molecule has 34 heavy (non-hydrogen) atoms. The summed E-state index contributed by atoms with van der Waals surface area (Å²) in [4.78, 5) is 30.5. The third-order valence-corrected chi connectivity index (χ3v) is 5.86. The fourth-order valence-electron chi connectivity index (χ4n) is 3.99. The molecule has 0 radical (unpaired) electrons. The number of para-hydroxylation sites is 1. The predicted octanol–water partition coefficient (Wildman–Crippen LogP) is 3.52. The minimum Gasteiger partial charge on any atom is -0.337 e. The lowest BCUT2D eigenvalue weighted by molar-refractivity contribution is 0.0759. The molecule has 1 saturated heterocycles. The summed E-state index contributed by atoms with van der Waals surface area (Å²) >= 11 is 0. The number of rotatable bonds is 5. The zero-order valence-electron chi connectivity index (χ0n) is 19.6. The summed E-state index contributed by atoms with van der Waals surface area (Å²) in [5.41, 5.74) is 4.77. The number of amides is 3. The summed E-state index contributed by atoms with van der Waals surface area (Å²) in [5.74, 6) is 0.0213. The lowest BCUT2D eigenvalue weighted by Gasteiger charge is -2.32. The van der Waals surface area contributed by atoms with Gasteiger partial charge in [0.15, 0.2) is 0 Å². The van der Waals surface area contributed by atoms with Crippen LogP contribution in [0.1, 0.15) is 30.6 Å². The Balaban J connectivity index is 1.43. The first-order chi connectivity index (χ1) is 16.5. The van der Waals surface area contributed by atoms with Crippen LogP contribution in [0, 0.1) is 0 Å². The Morgan fingerprint density at radius 2 is 1.76 bits per heavy atom. The second-order valence-corrected chi connectivity index (χ2v) is 8.47. The number of nitrogens with one attached hydrogen (secondary N) is 2. The quantitative estimate of drug-likeness (QED) is 0.712. The van der Waals surface area contributed by atoms with Crippen LogP contribution in [0.25, 0.3) is 0 Å². The van der Waals surface area contributed by atoms with Gasteiger partial charge in [0.1, 0.15) is 0 Å². The molecule has 0 saturated carbocycles. The Labute approximate surface area is 200 Å². The van der Waals surface area contributed by atoms with Crippen LogP contribution in [0.4, 0.5) is 16.2 Å². The van der Waals surface area contributed by atoms with Crippen LogP contribution in [0.5, 0.6) is 0 Å². The third kappa shape index (κ3) is 5.55. The maximum absolute atomic E-state index is 13.2. The molecule has 2 aromatic rings. The lowest BCUT2D eigenvalue weighted by Crippen LogP contribution is -2.51. The number of anilines is 2. The summed E-state index contributed by atoms with van der Waals surface area (Å²) in [7, 11) is 0. The molecule has 3 amide bonds. The summed E-state index contributed by atoms with van der Waals surface area (Å²) in [6.45, 7) is 7.75. The van der Waals surface area contributed by atoms with E-state index in [1.165, 1.54) is 10.2 Å². The molecule has 0 spiro atoms. The topological polar surface area (TPSA) is 83.5 Å². The minimum absolute atomic E-state index is 0.0213. The number of carbonyl (C=O) groups excluding carboxylic acids is 2. The largest absolute Gasteiger partial charge is 0.348 e. The smallest absolute Gasteiger partial charge is 0.337 e. The van der Waals surface area contributed by atoms with Crippen molar-refractivity contribution in [2.45, 2.75) is 26.3 Å². The molecule has 2 aliphatic rings. The van der Waals surface area contributed by atoms with E-state index in [9.17, 15) is 9.59 Å². The number of nitrogens with zero attached hydrogens (tertiary/aromatic N) is 5. The lowest BCUT2D eigenvalue weighted by atomic mass is 10.1. The SMILES string of the molecule is CC(C)N1CCCN(C(=O)c2ccc(NC(=O)N(c3ccccc3)N3N=CC=CN3)cc2)CC1. The van der Waals surface area contributed by atoms with Gasteiger partial charge in [-0.2, -0.15) is 5.01 Å². The number of benzene rings is 2. The van der Waals surface area contributed by atoms with Crippen molar-refractivity contribution in [1.29, 1.82) is 0 Å². The van der Waals surface area contributed by atoms with Crippen molar-refractivity contribution >= 4 is 29.5 Å². The van der Waals surface area contributed by atoms with Crippen molar-refractivity contribution < 1.29 is 9.59 Å². The molecule has 2 aliphatic heterocycles. The van der Waals surface area contributed by atoms with E-state index < -0.39 is 6.03 Å². The second kappa shape index (κ2) is 10.8. The fourth-order valence-corrected chi connectivity index (χ4v) is 3.99. The average molecular weight is 462 g/mol. The number of carbonyl (C=O) groups is 2. The van der Waals surface area contributed by atoms with Crippen molar-refractivity contribution in [3.63, 3.8) is 0 Å². The van der Waals surface area contributed by atoms with E-state index in [1.807, 2.05) is 35.2 Å². The maximum atomic E-state index is 13.2. The summed E-state index contributed by atoms with van der Waals surface area (Å²) in [5, 5.41) is 9.83. The van der Waals surface area contributed by atoms with E-state index in [0.29, 0.717) is 23.0 Å². The second-order valence-electron chi connectivity index (χ2n) is 8.47. The molecular formula is C25H31N7O2. The molecule has 1 fully saturated rings. The van der Waals surface area contributed by atoms with Gasteiger partial charge in [0, 0.05) is 49.7 Å². The fraction of sp³-hybridized carbons (Fsp3) is 0.320. The monoisotopic (exact) mass is 461 g/mol. The Hall–Kier alpha value is -3.85. The molecule has 2 aromatic carbocycles. The van der Waals surface area contributed by atoms with Gasteiger partial charge in [-0.1, -0.05) is 23.4 Å². The molecule has 0 aliphatic carbocycles. The zero-order chi connectivity index (χ0) is 23.9. The molecule has 9 heteroatoms. The molecule has 0 bridgehead atoms. The van der Waals surface area contributed by atoms with Gasteiger partial charge in [0.25, 0.3) is 5.91 Å².